The number of nitrogens with one attached hydrogen (secondary N) is 1. The van der Waals surface area contributed by atoms with Gasteiger partial charge in [0.2, 0.25) is 5.91 Å². The van der Waals surface area contributed by atoms with Crippen molar-refractivity contribution in [3.05, 3.63) is 42.0 Å². The molecule has 0 saturated heterocycles. The van der Waals surface area contributed by atoms with Crippen molar-refractivity contribution in [2.24, 2.45) is 7.05 Å². The van der Waals surface area contributed by atoms with Crippen LogP contribution < -0.4 is 10.1 Å². The molecule has 1 aliphatic heterocycles. The molecule has 1 aromatic carbocycles. The lowest BCUT2D eigenvalue weighted by atomic mass is 10.0. The van der Waals surface area contributed by atoms with Crippen LogP contribution in [0, 0.1) is 0 Å². The lowest BCUT2D eigenvalue weighted by Crippen LogP contribution is -2.18. The van der Waals surface area contributed by atoms with Crippen LogP contribution in [0.2, 0.25) is 0 Å². The molecule has 0 atom stereocenters. The van der Waals surface area contributed by atoms with Gasteiger partial charge in [-0.25, -0.2) is 4.98 Å². The summed E-state index contributed by atoms with van der Waals surface area (Å²) in [5.41, 5.74) is 2.04. The summed E-state index contributed by atoms with van der Waals surface area (Å²) in [5.74, 6) is 1.85. The van der Waals surface area contributed by atoms with Crippen molar-refractivity contribution in [2.75, 3.05) is 11.9 Å². The van der Waals surface area contributed by atoms with Crippen molar-refractivity contribution in [2.45, 2.75) is 19.3 Å². The molecule has 1 N–H and O–H groups in total. The average Bonchev–Trinajstić information content (AvgIpc) is 2.84. The van der Waals surface area contributed by atoms with E-state index in [9.17, 15) is 4.79 Å². The molecule has 5 nitrogen and oxygen atoms in total. The molecule has 0 bridgehead atoms. The topological polar surface area (TPSA) is 56.1 Å². The van der Waals surface area contributed by atoms with E-state index < -0.39 is 0 Å². The number of imidazole rings is 1. The number of hydrogen-bond donors (Lipinski definition) is 1. The largest absolute Gasteiger partial charge is 0.493 e. The minimum atomic E-state index is 0.0719. The van der Waals surface area contributed by atoms with Crippen molar-refractivity contribution in [1.82, 2.24) is 9.55 Å². The second kappa shape index (κ2) is 5.36. The lowest BCUT2D eigenvalue weighted by molar-refractivity contribution is -0.116. The van der Waals surface area contributed by atoms with Crippen molar-refractivity contribution in [3.8, 4) is 5.75 Å². The number of ether oxygens (including phenoxy) is 1. The van der Waals surface area contributed by atoms with Crippen LogP contribution >= 0.6 is 0 Å². The third-order valence-electron chi connectivity index (χ3n) is 3.49. The molecule has 0 unspecified atom stereocenters. The van der Waals surface area contributed by atoms with E-state index in [1.54, 1.807) is 6.20 Å². The molecule has 1 amide bonds. The van der Waals surface area contributed by atoms with Crippen LogP contribution in [-0.4, -0.2) is 22.1 Å². The highest BCUT2D eigenvalue weighted by molar-refractivity contribution is 5.94. The number of benzene rings is 1. The van der Waals surface area contributed by atoms with Crippen molar-refractivity contribution < 1.29 is 9.53 Å². The van der Waals surface area contributed by atoms with Gasteiger partial charge in [-0.05, 0) is 18.1 Å². The highest BCUT2D eigenvalue weighted by Crippen LogP contribution is 2.27. The van der Waals surface area contributed by atoms with Gasteiger partial charge in [-0.15, -0.1) is 0 Å². The molecule has 0 radical (unpaired) electrons. The number of carbonyl (C=O) groups is 1. The Bertz CT molecular complexity index is 634. The number of fused-ring (bicyclic) bond motifs is 1. The van der Waals surface area contributed by atoms with Crippen molar-refractivity contribution >= 4 is 11.6 Å². The standard InChI is InChI=1S/C15H17N3O2/c1-18-8-7-16-14(18)6-9-20-12-4-2-11-3-5-15(19)17-13(11)10-12/h2,4,7-8,10H,3,5-6,9H2,1H3,(H,17,19). The number of nitrogens with zero attached hydrogens (tertiary/aromatic N) is 2. The van der Waals surface area contributed by atoms with Crippen LogP contribution in [0.1, 0.15) is 17.8 Å². The highest BCUT2D eigenvalue weighted by atomic mass is 16.5. The summed E-state index contributed by atoms with van der Waals surface area (Å²) in [4.78, 5) is 15.6. The second-order valence-electron chi connectivity index (χ2n) is 4.92. The predicted octanol–water partition coefficient (Wildman–Crippen LogP) is 1.93. The molecule has 1 aliphatic rings. The second-order valence-corrected chi connectivity index (χ2v) is 4.92. The maximum absolute atomic E-state index is 11.4. The van der Waals surface area contributed by atoms with E-state index >= 15 is 0 Å². The first-order valence-electron chi connectivity index (χ1n) is 6.74. The Hall–Kier alpha value is -2.30. The Morgan fingerprint density at radius 3 is 3.10 bits per heavy atom. The Labute approximate surface area is 117 Å². The summed E-state index contributed by atoms with van der Waals surface area (Å²) in [6.07, 6.45) is 5.82. The number of aromatic nitrogens is 2. The number of amides is 1. The summed E-state index contributed by atoms with van der Waals surface area (Å²) >= 11 is 0. The highest BCUT2D eigenvalue weighted by Gasteiger charge is 2.15. The van der Waals surface area contributed by atoms with Gasteiger partial charge >= 0.3 is 0 Å². The molecule has 5 heteroatoms. The van der Waals surface area contributed by atoms with Crippen molar-refractivity contribution in [1.29, 1.82) is 0 Å². The molecule has 2 heterocycles. The molecular weight excluding hydrogens is 254 g/mol. The normalized spacial score (nSPS) is 13.8. The Balaban J connectivity index is 1.62. The SMILES string of the molecule is Cn1ccnc1CCOc1ccc2c(c1)NC(=O)CC2. The Kier molecular flexibility index (Phi) is 3.41. The first-order valence-corrected chi connectivity index (χ1v) is 6.74. The van der Waals surface area contributed by atoms with Gasteiger partial charge in [0.1, 0.15) is 11.6 Å². The minimum Gasteiger partial charge on any atom is -0.493 e. The fraction of sp³-hybridized carbons (Fsp3) is 0.333. The molecule has 0 fully saturated rings. The molecule has 1 aromatic heterocycles. The molecule has 2 aromatic rings. The van der Waals surface area contributed by atoms with Gasteiger partial charge in [0, 0.05) is 44.0 Å². The number of anilines is 1. The zero-order valence-electron chi connectivity index (χ0n) is 11.4. The summed E-state index contributed by atoms with van der Waals surface area (Å²) < 4.78 is 7.71. The lowest BCUT2D eigenvalue weighted by Gasteiger charge is -2.17. The van der Waals surface area contributed by atoms with E-state index in [0.29, 0.717) is 13.0 Å². The predicted molar refractivity (Wildman–Crippen MR) is 75.8 cm³/mol. The van der Waals surface area contributed by atoms with E-state index in [-0.39, 0.29) is 5.91 Å². The van der Waals surface area contributed by atoms with Crippen LogP contribution in [0.4, 0.5) is 5.69 Å². The van der Waals surface area contributed by atoms with E-state index in [1.807, 2.05) is 36.0 Å². The third-order valence-corrected chi connectivity index (χ3v) is 3.49. The number of aryl methyl sites for hydroxylation is 2. The van der Waals surface area contributed by atoms with Crippen LogP contribution in [-0.2, 0) is 24.7 Å². The third kappa shape index (κ3) is 2.66. The van der Waals surface area contributed by atoms with Gasteiger partial charge in [-0.1, -0.05) is 6.07 Å². The summed E-state index contributed by atoms with van der Waals surface area (Å²) in [6.45, 7) is 0.567. The van der Waals surface area contributed by atoms with Crippen molar-refractivity contribution in [3.63, 3.8) is 0 Å². The Morgan fingerprint density at radius 2 is 2.30 bits per heavy atom. The van der Waals surface area contributed by atoms with Gasteiger partial charge in [0.15, 0.2) is 0 Å². The van der Waals surface area contributed by atoms with Crippen LogP contribution in [0.3, 0.4) is 0 Å². The maximum Gasteiger partial charge on any atom is 0.224 e. The fourth-order valence-electron chi connectivity index (χ4n) is 2.34. The smallest absolute Gasteiger partial charge is 0.224 e. The zero-order chi connectivity index (χ0) is 13.9. The molecular formula is C15H17N3O2. The van der Waals surface area contributed by atoms with Crippen LogP contribution in [0.25, 0.3) is 0 Å². The van der Waals surface area contributed by atoms with Gasteiger partial charge < -0.3 is 14.6 Å². The molecule has 0 aliphatic carbocycles. The maximum atomic E-state index is 11.4. The molecule has 20 heavy (non-hydrogen) atoms. The zero-order valence-corrected chi connectivity index (χ0v) is 11.4. The molecule has 0 spiro atoms. The number of rotatable bonds is 4. The van der Waals surface area contributed by atoms with E-state index in [1.165, 1.54) is 5.56 Å². The van der Waals surface area contributed by atoms with Gasteiger partial charge in [0.25, 0.3) is 0 Å². The van der Waals surface area contributed by atoms with Gasteiger partial charge in [-0.2, -0.15) is 0 Å². The molecule has 3 rings (SSSR count). The van der Waals surface area contributed by atoms with Crippen LogP contribution in [0.15, 0.2) is 30.6 Å². The fourth-order valence-corrected chi connectivity index (χ4v) is 2.34. The van der Waals surface area contributed by atoms with Gasteiger partial charge in [-0.3, -0.25) is 4.79 Å². The van der Waals surface area contributed by atoms with E-state index in [2.05, 4.69) is 10.3 Å². The molecule has 0 saturated carbocycles. The number of carbonyl (C=O) groups excluding carboxylic acids is 1. The first-order chi connectivity index (χ1) is 9.72. The summed E-state index contributed by atoms with van der Waals surface area (Å²) in [6, 6.07) is 5.87. The van der Waals surface area contributed by atoms with Crippen LogP contribution in [0.5, 0.6) is 5.75 Å². The average molecular weight is 271 g/mol. The minimum absolute atomic E-state index is 0.0719. The van der Waals surface area contributed by atoms with Gasteiger partial charge in [0.05, 0.1) is 6.61 Å². The summed E-state index contributed by atoms with van der Waals surface area (Å²) in [7, 11) is 1.97. The first kappa shape index (κ1) is 12.7. The summed E-state index contributed by atoms with van der Waals surface area (Å²) in [5, 5.41) is 2.88. The van der Waals surface area contributed by atoms with E-state index in [4.69, 9.17) is 4.74 Å². The quantitative estimate of drug-likeness (QED) is 0.924. The monoisotopic (exact) mass is 271 g/mol. The number of hydrogen-bond acceptors (Lipinski definition) is 3. The van der Waals surface area contributed by atoms with E-state index in [0.717, 1.165) is 30.1 Å². The molecule has 104 valence electrons. The Morgan fingerprint density at radius 1 is 1.40 bits per heavy atom.